The van der Waals surface area contributed by atoms with Gasteiger partial charge in [-0.3, -0.25) is 9.58 Å². The highest BCUT2D eigenvalue weighted by atomic mass is 15.3. The van der Waals surface area contributed by atoms with Crippen LogP contribution < -0.4 is 0 Å². The number of nitrogens with zero attached hydrogens (tertiary/aromatic N) is 6. The fourth-order valence-electron chi connectivity index (χ4n) is 5.73. The molecule has 0 radical (unpaired) electrons. The van der Waals surface area contributed by atoms with Crippen LogP contribution in [0.1, 0.15) is 60.9 Å². The predicted octanol–water partition coefficient (Wildman–Crippen LogP) is 5.42. The number of benzene rings is 1. The molecule has 35 heavy (non-hydrogen) atoms. The van der Waals surface area contributed by atoms with Gasteiger partial charge in [0.15, 0.2) is 5.65 Å². The number of likely N-dealkylation sites (tertiary alicyclic amines) is 1. The van der Waals surface area contributed by atoms with E-state index in [1.807, 2.05) is 22.4 Å². The molecule has 1 saturated heterocycles. The van der Waals surface area contributed by atoms with Crippen LogP contribution in [-0.4, -0.2) is 47.4 Å². The Morgan fingerprint density at radius 2 is 1.91 bits per heavy atom. The maximum Gasteiger partial charge on any atom is 0.155 e. The number of piperidine rings is 1. The van der Waals surface area contributed by atoms with Crippen LogP contribution >= 0.6 is 0 Å². The molecule has 0 atom stereocenters. The molecule has 7 heteroatoms. The van der Waals surface area contributed by atoms with E-state index in [4.69, 9.17) is 0 Å². The van der Waals surface area contributed by atoms with Gasteiger partial charge in [-0.15, -0.1) is 0 Å². The van der Waals surface area contributed by atoms with Crippen LogP contribution in [0, 0.1) is 6.92 Å². The van der Waals surface area contributed by atoms with Gasteiger partial charge < -0.3 is 4.98 Å². The van der Waals surface area contributed by atoms with Gasteiger partial charge in [0.1, 0.15) is 6.33 Å². The highest BCUT2D eigenvalue weighted by Gasteiger charge is 2.24. The quantitative estimate of drug-likeness (QED) is 0.375. The molecule has 7 nitrogen and oxygen atoms in total. The third kappa shape index (κ3) is 3.93. The van der Waals surface area contributed by atoms with Crippen molar-refractivity contribution >= 4 is 16.6 Å². The topological polar surface area (TPSA) is 67.0 Å². The van der Waals surface area contributed by atoms with Crippen LogP contribution in [0.25, 0.3) is 27.8 Å². The van der Waals surface area contributed by atoms with Crippen LogP contribution in [-0.2, 0) is 13.6 Å². The van der Waals surface area contributed by atoms with Gasteiger partial charge >= 0.3 is 0 Å². The number of H-pyrrole nitrogens is 1. The van der Waals surface area contributed by atoms with Gasteiger partial charge in [0.2, 0.25) is 0 Å². The van der Waals surface area contributed by atoms with E-state index in [9.17, 15) is 0 Å². The Hall–Kier alpha value is -3.45. The number of hydrogen-bond acceptors (Lipinski definition) is 4. The van der Waals surface area contributed by atoms with Crippen molar-refractivity contribution in [3.8, 4) is 11.3 Å². The normalized spacial score (nSPS) is 15.7. The Morgan fingerprint density at radius 3 is 2.66 bits per heavy atom. The van der Waals surface area contributed by atoms with E-state index in [1.54, 1.807) is 6.33 Å². The Bertz CT molecular complexity index is 1490. The smallest absolute Gasteiger partial charge is 0.155 e. The molecule has 0 saturated carbocycles. The summed E-state index contributed by atoms with van der Waals surface area (Å²) in [7, 11) is 2.03. The average molecular weight is 468 g/mol. The number of aryl methyl sites for hydroxylation is 2. The van der Waals surface area contributed by atoms with Crippen molar-refractivity contribution in [2.24, 2.45) is 7.05 Å². The third-order valence-corrected chi connectivity index (χ3v) is 7.70. The van der Waals surface area contributed by atoms with E-state index in [1.165, 1.54) is 57.4 Å². The number of pyridine rings is 1. The van der Waals surface area contributed by atoms with Gasteiger partial charge in [0, 0.05) is 42.5 Å². The molecule has 4 aromatic heterocycles. The molecular weight excluding hydrogens is 434 g/mol. The Labute approximate surface area is 205 Å². The molecule has 1 fully saturated rings. The van der Waals surface area contributed by atoms with Gasteiger partial charge in [0.05, 0.1) is 11.4 Å². The lowest BCUT2D eigenvalue weighted by atomic mass is 9.87. The van der Waals surface area contributed by atoms with E-state index >= 15 is 0 Å². The third-order valence-electron chi connectivity index (χ3n) is 7.70. The van der Waals surface area contributed by atoms with Crippen LogP contribution in [0.15, 0.2) is 49.1 Å². The number of rotatable bonds is 5. The van der Waals surface area contributed by atoms with Crippen LogP contribution in [0.3, 0.4) is 0 Å². The molecule has 5 aromatic rings. The second kappa shape index (κ2) is 8.64. The second-order valence-corrected chi connectivity index (χ2v) is 10.3. The SMILES string of the molecule is Cc1cc2ncnn2cc1-c1[nH]c2ccc(C3CCN(Cc4ccnn4C)CC3)cc2c1C(C)C. The zero-order valence-corrected chi connectivity index (χ0v) is 21.0. The number of nitrogens with one attached hydrogen (secondary N) is 1. The summed E-state index contributed by atoms with van der Waals surface area (Å²) in [4.78, 5) is 10.6. The fraction of sp³-hybridized carbons (Fsp3) is 0.393. The first kappa shape index (κ1) is 22.0. The molecule has 180 valence electrons. The predicted molar refractivity (Wildman–Crippen MR) is 140 cm³/mol. The van der Waals surface area contributed by atoms with E-state index in [-0.39, 0.29) is 0 Å². The maximum atomic E-state index is 4.37. The van der Waals surface area contributed by atoms with Crippen molar-refractivity contribution in [3.05, 3.63) is 71.4 Å². The molecule has 0 bridgehead atoms. The summed E-state index contributed by atoms with van der Waals surface area (Å²) < 4.78 is 3.85. The molecule has 1 aliphatic rings. The largest absolute Gasteiger partial charge is 0.354 e. The van der Waals surface area contributed by atoms with E-state index in [0.717, 1.165) is 25.3 Å². The van der Waals surface area contributed by atoms with Crippen molar-refractivity contribution in [3.63, 3.8) is 0 Å². The Kier molecular flexibility index (Phi) is 5.44. The molecular formula is C28H33N7. The standard InChI is InChI=1S/C28H33N7/c1-18(2)27-23-14-21(20-8-11-34(12-9-20)15-22-7-10-30-33(22)4)5-6-25(23)32-28(27)24-16-35-26(13-19(24)3)29-17-31-35/h5-7,10,13-14,16-18,20,32H,8-9,11-12,15H2,1-4H3. The van der Waals surface area contributed by atoms with Gasteiger partial charge in [0.25, 0.3) is 0 Å². The minimum absolute atomic E-state index is 0.403. The van der Waals surface area contributed by atoms with Crippen LogP contribution in [0.4, 0.5) is 0 Å². The molecule has 5 heterocycles. The van der Waals surface area contributed by atoms with Crippen molar-refractivity contribution < 1.29 is 0 Å². The summed E-state index contributed by atoms with van der Waals surface area (Å²) in [5.74, 6) is 1.01. The Balaban J connectivity index is 1.30. The molecule has 6 rings (SSSR count). The zero-order valence-electron chi connectivity index (χ0n) is 21.0. The number of hydrogen-bond donors (Lipinski definition) is 1. The molecule has 1 aliphatic heterocycles. The van der Waals surface area contributed by atoms with Gasteiger partial charge in [-0.25, -0.2) is 9.50 Å². The summed E-state index contributed by atoms with van der Waals surface area (Å²) in [6.07, 6.45) is 7.99. The zero-order chi connectivity index (χ0) is 24.1. The van der Waals surface area contributed by atoms with Crippen molar-refractivity contribution in [2.75, 3.05) is 13.1 Å². The lowest BCUT2D eigenvalue weighted by Gasteiger charge is -2.32. The second-order valence-electron chi connectivity index (χ2n) is 10.3. The monoisotopic (exact) mass is 467 g/mol. The highest BCUT2D eigenvalue weighted by Crippen LogP contribution is 2.39. The summed E-state index contributed by atoms with van der Waals surface area (Å²) in [6.45, 7) is 9.97. The van der Waals surface area contributed by atoms with Crippen molar-refractivity contribution in [2.45, 2.75) is 52.0 Å². The van der Waals surface area contributed by atoms with E-state index < -0.39 is 0 Å². The number of fused-ring (bicyclic) bond motifs is 2. The summed E-state index contributed by atoms with van der Waals surface area (Å²) >= 11 is 0. The number of aromatic nitrogens is 6. The highest BCUT2D eigenvalue weighted by molar-refractivity contribution is 5.92. The van der Waals surface area contributed by atoms with Gasteiger partial charge in [-0.05, 0) is 85.6 Å². The molecule has 0 spiro atoms. The lowest BCUT2D eigenvalue weighted by Crippen LogP contribution is -2.33. The van der Waals surface area contributed by atoms with Crippen molar-refractivity contribution in [1.82, 2.24) is 34.3 Å². The molecule has 0 unspecified atom stereocenters. The fourth-order valence-corrected chi connectivity index (χ4v) is 5.73. The minimum atomic E-state index is 0.403. The molecule has 1 aromatic carbocycles. The molecule has 0 aliphatic carbocycles. The van der Waals surface area contributed by atoms with Crippen LogP contribution in [0.5, 0.6) is 0 Å². The first-order chi connectivity index (χ1) is 17.0. The molecule has 0 amide bonds. The van der Waals surface area contributed by atoms with Gasteiger partial charge in [-0.2, -0.15) is 10.2 Å². The van der Waals surface area contributed by atoms with E-state index in [0.29, 0.717) is 11.8 Å². The maximum absolute atomic E-state index is 4.37. The number of aromatic amines is 1. The lowest BCUT2D eigenvalue weighted by molar-refractivity contribution is 0.200. The van der Waals surface area contributed by atoms with Gasteiger partial charge in [-0.1, -0.05) is 19.9 Å². The first-order valence-electron chi connectivity index (χ1n) is 12.6. The minimum Gasteiger partial charge on any atom is -0.354 e. The first-order valence-corrected chi connectivity index (χ1v) is 12.6. The summed E-state index contributed by atoms with van der Waals surface area (Å²) in [6, 6.07) is 11.3. The van der Waals surface area contributed by atoms with Crippen LogP contribution in [0.2, 0.25) is 0 Å². The molecule has 1 N–H and O–H groups in total. The Morgan fingerprint density at radius 1 is 1.09 bits per heavy atom. The summed E-state index contributed by atoms with van der Waals surface area (Å²) in [5, 5.41) is 10.0. The van der Waals surface area contributed by atoms with Crippen molar-refractivity contribution in [1.29, 1.82) is 0 Å². The summed E-state index contributed by atoms with van der Waals surface area (Å²) in [5.41, 5.74) is 9.82. The average Bonchev–Trinajstić information content (AvgIpc) is 3.56. The van der Waals surface area contributed by atoms with E-state index in [2.05, 4.69) is 82.4 Å².